The van der Waals surface area contributed by atoms with Gasteiger partial charge in [-0.15, -0.1) is 11.6 Å². The molecule has 1 aromatic carbocycles. The van der Waals surface area contributed by atoms with E-state index >= 15 is 0 Å². The molecule has 1 aliphatic heterocycles. The number of rotatable bonds is 2. The molecule has 0 spiro atoms. The molecule has 1 heterocycles. The molecule has 0 bridgehead atoms. The van der Waals surface area contributed by atoms with Crippen molar-refractivity contribution < 1.29 is 14.1 Å². The largest absolute Gasteiger partial charge is 0.370 e. The smallest absolute Gasteiger partial charge is 0.269 e. The van der Waals surface area contributed by atoms with Gasteiger partial charge in [-0.1, -0.05) is 0 Å². The van der Waals surface area contributed by atoms with E-state index in [1.54, 1.807) is 12.1 Å². The van der Waals surface area contributed by atoms with Crippen LogP contribution in [0.1, 0.15) is 18.1 Å². The minimum atomic E-state index is -1.15. The maximum atomic E-state index is 13.1. The second-order valence-corrected chi connectivity index (χ2v) is 4.50. The lowest BCUT2D eigenvalue weighted by Crippen LogP contribution is -2.31. The van der Waals surface area contributed by atoms with Gasteiger partial charge in [0.15, 0.2) is 0 Å². The summed E-state index contributed by atoms with van der Waals surface area (Å²) < 4.78 is 18.4. The monoisotopic (exact) mass is 259 g/mol. The molecule has 0 unspecified atom stereocenters. The Morgan fingerprint density at radius 3 is 2.59 bits per heavy atom. The number of alkyl halides is 2. The lowest BCUT2D eigenvalue weighted by atomic mass is 10.00. The molecular formula is C11H11ClFNO3. The lowest BCUT2D eigenvalue weighted by Gasteiger charge is -2.29. The van der Waals surface area contributed by atoms with Crippen molar-refractivity contribution in [3.63, 3.8) is 0 Å². The van der Waals surface area contributed by atoms with Crippen LogP contribution in [-0.2, 0) is 4.74 Å². The molecule has 92 valence electrons. The fourth-order valence-corrected chi connectivity index (χ4v) is 2.01. The molecule has 0 aliphatic carbocycles. The van der Waals surface area contributed by atoms with Crippen LogP contribution >= 0.6 is 11.6 Å². The van der Waals surface area contributed by atoms with Gasteiger partial charge in [-0.3, -0.25) is 10.1 Å². The molecule has 0 aromatic heterocycles. The highest BCUT2D eigenvalue weighted by Gasteiger charge is 2.30. The van der Waals surface area contributed by atoms with Crippen LogP contribution in [0.15, 0.2) is 24.3 Å². The van der Waals surface area contributed by atoms with Gasteiger partial charge in [0.1, 0.15) is 6.17 Å². The molecule has 1 aromatic rings. The predicted octanol–water partition coefficient (Wildman–Crippen LogP) is 3.00. The van der Waals surface area contributed by atoms with Crippen LogP contribution in [-0.4, -0.2) is 23.1 Å². The van der Waals surface area contributed by atoms with E-state index in [-0.39, 0.29) is 18.4 Å². The molecule has 1 saturated heterocycles. The van der Waals surface area contributed by atoms with Crippen molar-refractivity contribution in [2.24, 2.45) is 0 Å². The molecule has 0 radical (unpaired) electrons. The number of nitro benzene ring substituents is 1. The summed E-state index contributed by atoms with van der Waals surface area (Å²) >= 11 is 5.83. The summed E-state index contributed by atoms with van der Waals surface area (Å²) in [6.45, 7) is -0.0319. The fourth-order valence-electron chi connectivity index (χ4n) is 1.78. The minimum Gasteiger partial charge on any atom is -0.370 e. The van der Waals surface area contributed by atoms with E-state index in [0.29, 0.717) is 6.42 Å². The third-order valence-corrected chi connectivity index (χ3v) is 3.22. The van der Waals surface area contributed by atoms with Gasteiger partial charge in [0.2, 0.25) is 0 Å². The Morgan fingerprint density at radius 1 is 1.41 bits per heavy atom. The minimum absolute atomic E-state index is 0.0235. The zero-order valence-corrected chi connectivity index (χ0v) is 9.64. The predicted molar refractivity (Wildman–Crippen MR) is 60.9 cm³/mol. The number of benzene rings is 1. The van der Waals surface area contributed by atoms with Crippen molar-refractivity contribution in [3.05, 3.63) is 39.9 Å². The van der Waals surface area contributed by atoms with Crippen molar-refractivity contribution in [3.8, 4) is 0 Å². The molecule has 1 fully saturated rings. The Bertz CT molecular complexity index is 412. The van der Waals surface area contributed by atoms with Crippen LogP contribution in [0.5, 0.6) is 0 Å². The van der Waals surface area contributed by atoms with E-state index in [4.69, 9.17) is 16.3 Å². The molecule has 0 saturated carbocycles. The fraction of sp³-hybridized carbons (Fsp3) is 0.455. The molecular weight excluding hydrogens is 249 g/mol. The number of nitrogens with zero attached hydrogens (tertiary/aromatic N) is 1. The Labute approximate surface area is 102 Å². The second kappa shape index (κ2) is 4.98. The summed E-state index contributed by atoms with van der Waals surface area (Å²) in [5.74, 6) is 0. The standard InChI is InChI=1S/C11H11ClFNO3/c12-9-5-11(17-6-10(9)13)7-1-3-8(4-2-7)14(15)16/h1-4,9-11H,5-6H2/t9-,10+,11-/m0/s1. The summed E-state index contributed by atoms with van der Waals surface area (Å²) in [6.07, 6.45) is -1.06. The van der Waals surface area contributed by atoms with Gasteiger partial charge in [0, 0.05) is 12.1 Å². The topological polar surface area (TPSA) is 52.4 Å². The van der Waals surface area contributed by atoms with Crippen LogP contribution in [0.2, 0.25) is 0 Å². The van der Waals surface area contributed by atoms with Gasteiger partial charge in [0.05, 0.1) is 23.0 Å². The lowest BCUT2D eigenvalue weighted by molar-refractivity contribution is -0.384. The highest BCUT2D eigenvalue weighted by molar-refractivity contribution is 6.21. The van der Waals surface area contributed by atoms with Crippen LogP contribution in [0.3, 0.4) is 0 Å². The number of halogens is 2. The zero-order valence-electron chi connectivity index (χ0n) is 8.88. The van der Waals surface area contributed by atoms with Crippen molar-refractivity contribution >= 4 is 17.3 Å². The van der Waals surface area contributed by atoms with Gasteiger partial charge >= 0.3 is 0 Å². The van der Waals surface area contributed by atoms with Gasteiger partial charge in [-0.25, -0.2) is 4.39 Å². The molecule has 1 aliphatic rings. The first-order chi connectivity index (χ1) is 8.08. The van der Waals surface area contributed by atoms with E-state index in [1.165, 1.54) is 12.1 Å². The third-order valence-electron chi connectivity index (χ3n) is 2.76. The van der Waals surface area contributed by atoms with Crippen molar-refractivity contribution in [1.29, 1.82) is 0 Å². The summed E-state index contributed by atoms with van der Waals surface area (Å²) in [7, 11) is 0. The first-order valence-corrected chi connectivity index (χ1v) is 5.65. The average Bonchev–Trinajstić information content (AvgIpc) is 2.33. The molecule has 2 rings (SSSR count). The van der Waals surface area contributed by atoms with Crippen LogP contribution < -0.4 is 0 Å². The molecule has 6 heteroatoms. The van der Waals surface area contributed by atoms with Gasteiger partial charge in [-0.2, -0.15) is 0 Å². The highest BCUT2D eigenvalue weighted by Crippen LogP contribution is 2.32. The van der Waals surface area contributed by atoms with E-state index in [2.05, 4.69) is 0 Å². The summed E-state index contributed by atoms with van der Waals surface area (Å²) in [5, 5.41) is 9.92. The first-order valence-electron chi connectivity index (χ1n) is 5.22. The molecule has 0 N–H and O–H groups in total. The highest BCUT2D eigenvalue weighted by atomic mass is 35.5. The maximum absolute atomic E-state index is 13.1. The van der Waals surface area contributed by atoms with E-state index < -0.39 is 16.5 Å². The Morgan fingerprint density at radius 2 is 2.06 bits per heavy atom. The van der Waals surface area contributed by atoms with Crippen LogP contribution in [0, 0.1) is 10.1 Å². The Balaban J connectivity index is 2.10. The van der Waals surface area contributed by atoms with E-state index in [0.717, 1.165) is 5.56 Å². The van der Waals surface area contributed by atoms with Gasteiger partial charge in [-0.05, 0) is 24.1 Å². The normalized spacial score (nSPS) is 28.9. The number of hydrogen-bond acceptors (Lipinski definition) is 3. The SMILES string of the molecule is O=[N+]([O-])c1ccc([C@@H]2C[C@H](Cl)[C@H](F)CO2)cc1. The van der Waals surface area contributed by atoms with Crippen molar-refractivity contribution in [2.75, 3.05) is 6.61 Å². The van der Waals surface area contributed by atoms with Gasteiger partial charge in [0.25, 0.3) is 5.69 Å². The molecule has 17 heavy (non-hydrogen) atoms. The van der Waals surface area contributed by atoms with Crippen LogP contribution in [0.25, 0.3) is 0 Å². The summed E-state index contributed by atoms with van der Waals surface area (Å²) in [5.41, 5.74) is 0.809. The summed E-state index contributed by atoms with van der Waals surface area (Å²) in [4.78, 5) is 10.0. The third kappa shape index (κ3) is 2.73. The average molecular weight is 260 g/mol. The summed E-state index contributed by atoms with van der Waals surface area (Å²) in [6, 6.07) is 6.04. The molecule has 4 nitrogen and oxygen atoms in total. The van der Waals surface area contributed by atoms with Crippen molar-refractivity contribution in [1.82, 2.24) is 0 Å². The van der Waals surface area contributed by atoms with E-state index in [1.807, 2.05) is 0 Å². The molecule has 3 atom stereocenters. The zero-order chi connectivity index (χ0) is 12.4. The van der Waals surface area contributed by atoms with Crippen molar-refractivity contribution in [2.45, 2.75) is 24.1 Å². The van der Waals surface area contributed by atoms with E-state index in [9.17, 15) is 14.5 Å². The number of ether oxygens (including phenoxy) is 1. The molecule has 0 amide bonds. The number of hydrogen-bond donors (Lipinski definition) is 0. The quantitative estimate of drug-likeness (QED) is 0.466. The Kier molecular flexibility index (Phi) is 3.59. The second-order valence-electron chi connectivity index (χ2n) is 3.94. The first kappa shape index (κ1) is 12.3. The number of nitro groups is 1. The maximum Gasteiger partial charge on any atom is 0.269 e. The van der Waals surface area contributed by atoms with Gasteiger partial charge < -0.3 is 4.74 Å². The Hall–Kier alpha value is -1.20. The number of non-ortho nitro benzene ring substituents is 1. The van der Waals surface area contributed by atoms with Crippen LogP contribution in [0.4, 0.5) is 10.1 Å².